The van der Waals surface area contributed by atoms with E-state index in [1.54, 1.807) is 5.56 Å². The van der Waals surface area contributed by atoms with Gasteiger partial charge in [0.15, 0.2) is 0 Å². The predicted octanol–water partition coefficient (Wildman–Crippen LogP) is 5.68. The van der Waals surface area contributed by atoms with Crippen molar-refractivity contribution in [3.8, 4) is 0 Å². The minimum absolute atomic E-state index is 0.422. The van der Waals surface area contributed by atoms with Crippen LogP contribution in [0.2, 0.25) is 0 Å². The van der Waals surface area contributed by atoms with Crippen LogP contribution in [0.1, 0.15) is 82.9 Å². The van der Waals surface area contributed by atoms with Gasteiger partial charge in [-0.1, -0.05) is 58.4 Å². The van der Waals surface area contributed by atoms with Gasteiger partial charge in [0.25, 0.3) is 0 Å². The first-order valence-corrected chi connectivity index (χ1v) is 8.66. The van der Waals surface area contributed by atoms with Gasteiger partial charge < -0.3 is 5.32 Å². The van der Waals surface area contributed by atoms with Gasteiger partial charge in [0.1, 0.15) is 0 Å². The SMILES string of the molecule is CNC(CC(C)CC(C)(C)C)c1ccc(C2CCC2)cc1. The normalized spacial score (nSPS) is 19.1. The minimum atomic E-state index is 0.422. The summed E-state index contributed by atoms with van der Waals surface area (Å²) in [6.45, 7) is 9.40. The second-order valence-electron chi connectivity index (χ2n) is 8.24. The molecule has 1 N–H and O–H groups in total. The van der Waals surface area contributed by atoms with Gasteiger partial charge in [-0.3, -0.25) is 0 Å². The van der Waals surface area contributed by atoms with Crippen molar-refractivity contribution in [2.24, 2.45) is 11.3 Å². The van der Waals surface area contributed by atoms with E-state index in [-0.39, 0.29) is 0 Å². The van der Waals surface area contributed by atoms with Crippen molar-refractivity contribution >= 4 is 0 Å². The molecule has 2 unspecified atom stereocenters. The molecule has 0 aliphatic heterocycles. The first-order valence-electron chi connectivity index (χ1n) is 8.66. The molecule has 21 heavy (non-hydrogen) atoms. The molecule has 1 aromatic rings. The van der Waals surface area contributed by atoms with Gasteiger partial charge in [-0.2, -0.15) is 0 Å². The fourth-order valence-corrected chi connectivity index (χ4v) is 3.69. The number of hydrogen-bond donors (Lipinski definition) is 1. The van der Waals surface area contributed by atoms with Crippen molar-refractivity contribution in [3.63, 3.8) is 0 Å². The first-order chi connectivity index (χ1) is 9.89. The van der Waals surface area contributed by atoms with Gasteiger partial charge in [-0.05, 0) is 61.1 Å². The van der Waals surface area contributed by atoms with E-state index in [0.29, 0.717) is 11.5 Å². The molecule has 1 saturated carbocycles. The van der Waals surface area contributed by atoms with Crippen LogP contribution in [0.3, 0.4) is 0 Å². The summed E-state index contributed by atoms with van der Waals surface area (Å²) in [6.07, 6.45) is 6.69. The third kappa shape index (κ3) is 4.85. The Labute approximate surface area is 131 Å². The summed E-state index contributed by atoms with van der Waals surface area (Å²) in [5.74, 6) is 1.58. The molecule has 0 saturated heterocycles. The molecule has 1 aliphatic rings. The van der Waals surface area contributed by atoms with Crippen molar-refractivity contribution < 1.29 is 0 Å². The zero-order chi connectivity index (χ0) is 15.5. The monoisotopic (exact) mass is 287 g/mol. The average Bonchev–Trinajstić information content (AvgIpc) is 2.33. The molecular weight excluding hydrogens is 254 g/mol. The summed E-state index contributed by atoms with van der Waals surface area (Å²) in [7, 11) is 2.09. The molecule has 0 amide bonds. The van der Waals surface area contributed by atoms with Crippen molar-refractivity contribution in [1.29, 1.82) is 0 Å². The van der Waals surface area contributed by atoms with E-state index in [1.807, 2.05) is 0 Å². The molecule has 1 fully saturated rings. The Bertz CT molecular complexity index is 422. The molecule has 1 nitrogen and oxygen atoms in total. The van der Waals surface area contributed by atoms with Gasteiger partial charge in [-0.15, -0.1) is 0 Å². The molecule has 2 rings (SSSR count). The van der Waals surface area contributed by atoms with Crippen LogP contribution in [0, 0.1) is 11.3 Å². The van der Waals surface area contributed by atoms with Crippen molar-refractivity contribution in [1.82, 2.24) is 5.32 Å². The van der Waals surface area contributed by atoms with Gasteiger partial charge in [-0.25, -0.2) is 0 Å². The fraction of sp³-hybridized carbons (Fsp3) is 0.700. The number of hydrogen-bond acceptors (Lipinski definition) is 1. The predicted molar refractivity (Wildman–Crippen MR) is 92.7 cm³/mol. The second kappa shape index (κ2) is 6.96. The van der Waals surface area contributed by atoms with Crippen LogP contribution in [0.25, 0.3) is 0 Å². The van der Waals surface area contributed by atoms with Crippen molar-refractivity contribution in [2.75, 3.05) is 7.05 Å². The summed E-state index contributed by atoms with van der Waals surface area (Å²) >= 11 is 0. The lowest BCUT2D eigenvalue weighted by atomic mass is 9.79. The first kappa shape index (κ1) is 16.5. The van der Waals surface area contributed by atoms with Crippen LogP contribution < -0.4 is 5.32 Å². The van der Waals surface area contributed by atoms with Crippen LogP contribution >= 0.6 is 0 Å². The molecule has 118 valence electrons. The molecule has 0 aromatic heterocycles. The van der Waals surface area contributed by atoms with Crippen LogP contribution in [0.5, 0.6) is 0 Å². The highest BCUT2D eigenvalue weighted by molar-refractivity contribution is 5.28. The summed E-state index contributed by atoms with van der Waals surface area (Å²) in [5, 5.41) is 3.51. The third-order valence-electron chi connectivity index (χ3n) is 4.86. The Morgan fingerprint density at radius 3 is 2.19 bits per heavy atom. The maximum absolute atomic E-state index is 3.51. The van der Waals surface area contributed by atoms with Crippen LogP contribution in [-0.4, -0.2) is 7.05 Å². The topological polar surface area (TPSA) is 12.0 Å². The van der Waals surface area contributed by atoms with Gasteiger partial charge in [0.2, 0.25) is 0 Å². The Hall–Kier alpha value is -0.820. The Morgan fingerprint density at radius 2 is 1.76 bits per heavy atom. The summed E-state index contributed by atoms with van der Waals surface area (Å²) < 4.78 is 0. The molecule has 0 heterocycles. The molecule has 2 atom stereocenters. The smallest absolute Gasteiger partial charge is 0.0320 e. The number of rotatable bonds is 6. The number of benzene rings is 1. The number of nitrogens with one attached hydrogen (secondary N) is 1. The van der Waals surface area contributed by atoms with E-state index in [4.69, 9.17) is 0 Å². The highest BCUT2D eigenvalue weighted by atomic mass is 14.9. The molecule has 0 radical (unpaired) electrons. The Kier molecular flexibility index (Phi) is 5.48. The zero-order valence-electron chi connectivity index (χ0n) is 14.6. The largest absolute Gasteiger partial charge is 0.313 e. The summed E-state index contributed by atoms with van der Waals surface area (Å²) in [6, 6.07) is 9.89. The Balaban J connectivity index is 1.96. The highest BCUT2D eigenvalue weighted by Crippen LogP contribution is 2.37. The maximum Gasteiger partial charge on any atom is 0.0320 e. The maximum atomic E-state index is 3.51. The molecule has 1 aromatic carbocycles. The highest BCUT2D eigenvalue weighted by Gasteiger charge is 2.21. The standard InChI is InChI=1S/C20H33N/c1-15(14-20(2,3)4)13-19(21-5)18-11-9-17(10-12-18)16-7-6-8-16/h9-12,15-16,19,21H,6-8,13-14H2,1-5H3. The lowest BCUT2D eigenvalue weighted by Gasteiger charge is -2.28. The van der Waals surface area contributed by atoms with Gasteiger partial charge in [0, 0.05) is 6.04 Å². The Morgan fingerprint density at radius 1 is 1.14 bits per heavy atom. The fourth-order valence-electron chi connectivity index (χ4n) is 3.69. The third-order valence-corrected chi connectivity index (χ3v) is 4.86. The lowest BCUT2D eigenvalue weighted by molar-refractivity contribution is 0.279. The van der Waals surface area contributed by atoms with E-state index >= 15 is 0 Å². The van der Waals surface area contributed by atoms with E-state index in [2.05, 4.69) is 64.3 Å². The lowest BCUT2D eigenvalue weighted by Crippen LogP contribution is -2.21. The molecule has 1 aliphatic carbocycles. The van der Waals surface area contributed by atoms with Crippen LogP contribution in [0.4, 0.5) is 0 Å². The van der Waals surface area contributed by atoms with Crippen molar-refractivity contribution in [2.45, 2.75) is 71.8 Å². The zero-order valence-corrected chi connectivity index (χ0v) is 14.6. The van der Waals surface area contributed by atoms with Crippen LogP contribution in [0.15, 0.2) is 24.3 Å². The molecular formula is C20H33N. The summed E-state index contributed by atoms with van der Waals surface area (Å²) in [4.78, 5) is 0. The minimum Gasteiger partial charge on any atom is -0.313 e. The molecule has 1 heteroatoms. The summed E-state index contributed by atoms with van der Waals surface area (Å²) in [5.41, 5.74) is 3.41. The quantitative estimate of drug-likeness (QED) is 0.710. The van der Waals surface area contributed by atoms with Crippen LogP contribution in [-0.2, 0) is 0 Å². The van der Waals surface area contributed by atoms with Crippen molar-refractivity contribution in [3.05, 3.63) is 35.4 Å². The van der Waals surface area contributed by atoms with E-state index in [9.17, 15) is 0 Å². The van der Waals surface area contributed by atoms with E-state index < -0.39 is 0 Å². The molecule has 0 bridgehead atoms. The van der Waals surface area contributed by atoms with Gasteiger partial charge in [0.05, 0.1) is 0 Å². The average molecular weight is 287 g/mol. The second-order valence-corrected chi connectivity index (χ2v) is 8.24. The van der Waals surface area contributed by atoms with E-state index in [0.717, 1.165) is 11.8 Å². The molecule has 0 spiro atoms. The van der Waals surface area contributed by atoms with E-state index in [1.165, 1.54) is 37.7 Å². The van der Waals surface area contributed by atoms with Gasteiger partial charge >= 0.3 is 0 Å².